The summed E-state index contributed by atoms with van der Waals surface area (Å²) in [5, 5.41) is 13.6. The number of nitrogens with one attached hydrogen (secondary N) is 1. The predicted molar refractivity (Wildman–Crippen MR) is 86.5 cm³/mol. The Morgan fingerprint density at radius 3 is 2.52 bits per heavy atom. The predicted octanol–water partition coefficient (Wildman–Crippen LogP) is 2.01. The first-order chi connectivity index (χ1) is 9.95. The van der Waals surface area contributed by atoms with Gasteiger partial charge >= 0.3 is 0 Å². The number of nitrogens with zero attached hydrogens (tertiary/aromatic N) is 1. The molecule has 1 aliphatic heterocycles. The first-order valence-corrected chi connectivity index (χ1v) is 8.71. The molecule has 0 amide bonds. The Kier molecular flexibility index (Phi) is 6.06. The average Bonchev–Trinajstić information content (AvgIpc) is 2.78. The van der Waals surface area contributed by atoms with Crippen LogP contribution in [-0.4, -0.2) is 60.0 Å². The number of aliphatic hydroxyl groups is 1. The van der Waals surface area contributed by atoms with Crippen molar-refractivity contribution in [2.24, 2.45) is 5.92 Å². The van der Waals surface area contributed by atoms with E-state index in [2.05, 4.69) is 37.9 Å². The molecule has 124 valence electrons. The highest BCUT2D eigenvalue weighted by atomic mass is 16.5. The summed E-state index contributed by atoms with van der Waals surface area (Å²) < 4.78 is 5.81. The van der Waals surface area contributed by atoms with Crippen LogP contribution in [0.25, 0.3) is 0 Å². The molecule has 1 aliphatic carbocycles. The van der Waals surface area contributed by atoms with E-state index < -0.39 is 0 Å². The van der Waals surface area contributed by atoms with Gasteiger partial charge in [-0.2, -0.15) is 0 Å². The highest BCUT2D eigenvalue weighted by Crippen LogP contribution is 2.38. The molecule has 2 fully saturated rings. The molecule has 1 saturated carbocycles. The fourth-order valence-corrected chi connectivity index (χ4v) is 4.39. The van der Waals surface area contributed by atoms with E-state index in [1.54, 1.807) is 0 Å². The van der Waals surface area contributed by atoms with E-state index in [0.29, 0.717) is 24.2 Å². The van der Waals surface area contributed by atoms with Crippen molar-refractivity contribution >= 4 is 0 Å². The lowest BCUT2D eigenvalue weighted by Crippen LogP contribution is -2.55. The van der Waals surface area contributed by atoms with Gasteiger partial charge in [-0.15, -0.1) is 0 Å². The second-order valence-corrected chi connectivity index (χ2v) is 7.51. The summed E-state index contributed by atoms with van der Waals surface area (Å²) in [5.41, 5.74) is -0.0440. The molecule has 2 aliphatic rings. The van der Waals surface area contributed by atoms with Gasteiger partial charge in [0.05, 0.1) is 18.8 Å². The largest absolute Gasteiger partial charge is 0.394 e. The van der Waals surface area contributed by atoms with Crippen LogP contribution in [0.3, 0.4) is 0 Å². The zero-order valence-corrected chi connectivity index (χ0v) is 14.3. The summed E-state index contributed by atoms with van der Waals surface area (Å²) >= 11 is 0. The third-order valence-electron chi connectivity index (χ3n) is 5.10. The third-order valence-corrected chi connectivity index (χ3v) is 5.10. The Bertz CT molecular complexity index is 314. The van der Waals surface area contributed by atoms with Gasteiger partial charge < -0.3 is 15.2 Å². The maximum absolute atomic E-state index is 9.96. The number of rotatable bonds is 6. The van der Waals surface area contributed by atoms with Crippen LogP contribution in [0.2, 0.25) is 0 Å². The van der Waals surface area contributed by atoms with Crippen molar-refractivity contribution in [3.63, 3.8) is 0 Å². The molecule has 4 unspecified atom stereocenters. The molecule has 0 spiro atoms. The molecule has 0 aromatic heterocycles. The molecule has 4 nitrogen and oxygen atoms in total. The van der Waals surface area contributed by atoms with Crippen molar-refractivity contribution in [2.75, 3.05) is 26.2 Å². The summed E-state index contributed by atoms with van der Waals surface area (Å²) in [5.74, 6) is 0.596. The van der Waals surface area contributed by atoms with Gasteiger partial charge in [0.25, 0.3) is 0 Å². The van der Waals surface area contributed by atoms with Gasteiger partial charge in [0.15, 0.2) is 0 Å². The van der Waals surface area contributed by atoms with E-state index in [1.807, 2.05) is 0 Å². The zero-order chi connectivity index (χ0) is 15.5. The molecule has 0 bridgehead atoms. The maximum atomic E-state index is 9.96. The maximum Gasteiger partial charge on any atom is 0.0678 e. The highest BCUT2D eigenvalue weighted by molar-refractivity contribution is 5.00. The van der Waals surface area contributed by atoms with E-state index in [9.17, 15) is 5.11 Å². The van der Waals surface area contributed by atoms with Gasteiger partial charge in [0, 0.05) is 24.7 Å². The number of hydrogen-bond donors (Lipinski definition) is 2. The molecule has 1 heterocycles. The Balaban J connectivity index is 1.89. The van der Waals surface area contributed by atoms with E-state index in [0.717, 1.165) is 26.1 Å². The van der Waals surface area contributed by atoms with Crippen LogP contribution in [0, 0.1) is 5.92 Å². The average molecular weight is 298 g/mol. The summed E-state index contributed by atoms with van der Waals surface area (Å²) in [6.07, 6.45) is 5.46. The SMILES string of the molecule is CC(C)NC1(CO)CCCC1CCN1CC(C)OC(C)C1. The van der Waals surface area contributed by atoms with Crippen molar-refractivity contribution in [1.29, 1.82) is 0 Å². The second-order valence-electron chi connectivity index (χ2n) is 7.51. The zero-order valence-electron chi connectivity index (χ0n) is 14.3. The van der Waals surface area contributed by atoms with Gasteiger partial charge in [0.2, 0.25) is 0 Å². The van der Waals surface area contributed by atoms with Crippen LogP contribution < -0.4 is 5.32 Å². The smallest absolute Gasteiger partial charge is 0.0678 e. The van der Waals surface area contributed by atoms with Crippen LogP contribution >= 0.6 is 0 Å². The third kappa shape index (κ3) is 4.41. The Morgan fingerprint density at radius 2 is 1.95 bits per heavy atom. The molecule has 0 aromatic rings. The topological polar surface area (TPSA) is 44.7 Å². The lowest BCUT2D eigenvalue weighted by Gasteiger charge is -2.39. The summed E-state index contributed by atoms with van der Waals surface area (Å²) in [6.45, 7) is 12.2. The fraction of sp³-hybridized carbons (Fsp3) is 1.00. The van der Waals surface area contributed by atoms with Crippen LogP contribution in [0.5, 0.6) is 0 Å². The van der Waals surface area contributed by atoms with E-state index in [-0.39, 0.29) is 12.1 Å². The minimum Gasteiger partial charge on any atom is -0.394 e. The van der Waals surface area contributed by atoms with Gasteiger partial charge in [-0.3, -0.25) is 4.90 Å². The molecular weight excluding hydrogens is 264 g/mol. The van der Waals surface area contributed by atoms with Gasteiger partial charge in [-0.25, -0.2) is 0 Å². The molecule has 21 heavy (non-hydrogen) atoms. The van der Waals surface area contributed by atoms with Crippen molar-refractivity contribution in [2.45, 2.75) is 77.2 Å². The standard InChI is InChI=1S/C17H34N2O2/c1-13(2)18-17(12-20)8-5-6-16(17)7-9-19-10-14(3)21-15(4)11-19/h13-16,18,20H,5-12H2,1-4H3. The number of morpholine rings is 1. The monoisotopic (exact) mass is 298 g/mol. The highest BCUT2D eigenvalue weighted by Gasteiger charge is 2.42. The molecule has 2 N–H and O–H groups in total. The molecule has 0 radical (unpaired) electrons. The normalized spacial score (nSPS) is 38.3. The summed E-state index contributed by atoms with van der Waals surface area (Å²) in [4.78, 5) is 2.54. The second kappa shape index (κ2) is 7.40. The minimum absolute atomic E-state index is 0.0440. The van der Waals surface area contributed by atoms with Crippen molar-refractivity contribution in [3.05, 3.63) is 0 Å². The van der Waals surface area contributed by atoms with E-state index >= 15 is 0 Å². The lowest BCUT2D eigenvalue weighted by atomic mass is 9.84. The fourth-order valence-electron chi connectivity index (χ4n) is 4.39. The van der Waals surface area contributed by atoms with Crippen LogP contribution in [0.15, 0.2) is 0 Å². The van der Waals surface area contributed by atoms with Crippen LogP contribution in [0.1, 0.15) is 53.4 Å². The molecule has 0 aromatic carbocycles. The molecule has 1 saturated heterocycles. The lowest BCUT2D eigenvalue weighted by molar-refractivity contribution is -0.0698. The van der Waals surface area contributed by atoms with Gasteiger partial charge in [0.1, 0.15) is 0 Å². The quantitative estimate of drug-likeness (QED) is 0.787. The van der Waals surface area contributed by atoms with Crippen molar-refractivity contribution in [1.82, 2.24) is 10.2 Å². The Hall–Kier alpha value is -0.160. The number of aliphatic hydroxyl groups excluding tert-OH is 1. The van der Waals surface area contributed by atoms with Gasteiger partial charge in [-0.1, -0.05) is 20.3 Å². The van der Waals surface area contributed by atoms with Crippen molar-refractivity contribution < 1.29 is 9.84 Å². The molecule has 2 rings (SSSR count). The van der Waals surface area contributed by atoms with Crippen molar-refractivity contribution in [3.8, 4) is 0 Å². The summed E-state index contributed by atoms with van der Waals surface area (Å²) in [6, 6.07) is 0.432. The van der Waals surface area contributed by atoms with E-state index in [4.69, 9.17) is 4.74 Å². The Labute approximate surface area is 130 Å². The minimum atomic E-state index is -0.0440. The first kappa shape index (κ1) is 17.2. The molecule has 4 heteroatoms. The van der Waals surface area contributed by atoms with E-state index in [1.165, 1.54) is 19.3 Å². The number of hydrogen-bond acceptors (Lipinski definition) is 4. The first-order valence-electron chi connectivity index (χ1n) is 8.71. The number of ether oxygens (including phenoxy) is 1. The van der Waals surface area contributed by atoms with Crippen LogP contribution in [0.4, 0.5) is 0 Å². The van der Waals surface area contributed by atoms with Gasteiger partial charge in [-0.05, 0) is 45.6 Å². The Morgan fingerprint density at radius 1 is 1.29 bits per heavy atom. The molecule has 4 atom stereocenters. The molecular formula is C17H34N2O2. The van der Waals surface area contributed by atoms with Crippen LogP contribution in [-0.2, 0) is 4.74 Å². The summed E-state index contributed by atoms with van der Waals surface area (Å²) in [7, 11) is 0.